The first-order valence-electron chi connectivity index (χ1n) is 5.40. The molecule has 2 heterocycles. The lowest BCUT2D eigenvalue weighted by atomic mass is 9.96. The Hall–Kier alpha value is -2.32. The molecule has 0 radical (unpaired) electrons. The number of nitrogens with zero attached hydrogens (tertiary/aromatic N) is 5. The van der Waals surface area contributed by atoms with Gasteiger partial charge in [0.05, 0.1) is 6.54 Å². The van der Waals surface area contributed by atoms with E-state index >= 15 is 0 Å². The highest BCUT2D eigenvalue weighted by molar-refractivity contribution is 5.90. The first kappa shape index (κ1) is 12.1. The van der Waals surface area contributed by atoms with Gasteiger partial charge in [-0.05, 0) is 0 Å². The predicted molar refractivity (Wildman–Crippen MR) is 60.4 cm³/mol. The quantitative estimate of drug-likeness (QED) is 0.677. The van der Waals surface area contributed by atoms with Crippen molar-refractivity contribution in [2.75, 3.05) is 0 Å². The van der Waals surface area contributed by atoms with Gasteiger partial charge in [0.1, 0.15) is 5.82 Å². The molecule has 1 amide bonds. The topological polar surface area (TPSA) is 125 Å². The Morgan fingerprint density at radius 3 is 2.67 bits per heavy atom. The standard InChI is InChI=1S/C9H14N8O/c1-9(2,3)8-11-6(14-15-8)7(18)10-4-5-12-16-17-13-5/h4H2,1-3H3,(H,10,18)(H,11,14,15)(H,12,13,16,17). The van der Waals surface area contributed by atoms with E-state index in [1.165, 1.54) is 0 Å². The number of carbonyl (C=O) groups excluding carboxylic acids is 1. The van der Waals surface area contributed by atoms with Crippen LogP contribution in [0.2, 0.25) is 0 Å². The van der Waals surface area contributed by atoms with E-state index in [0.29, 0.717) is 11.6 Å². The van der Waals surface area contributed by atoms with E-state index in [0.717, 1.165) is 0 Å². The van der Waals surface area contributed by atoms with Gasteiger partial charge in [0.15, 0.2) is 5.82 Å². The van der Waals surface area contributed by atoms with E-state index in [4.69, 9.17) is 0 Å². The van der Waals surface area contributed by atoms with Crippen LogP contribution >= 0.6 is 0 Å². The number of nitrogens with one attached hydrogen (secondary N) is 3. The number of H-pyrrole nitrogens is 2. The second-order valence-electron chi connectivity index (χ2n) is 4.77. The molecule has 0 fully saturated rings. The Morgan fingerprint density at radius 2 is 2.11 bits per heavy atom. The monoisotopic (exact) mass is 250 g/mol. The Morgan fingerprint density at radius 1 is 1.33 bits per heavy atom. The molecule has 0 saturated carbocycles. The average Bonchev–Trinajstić information content (AvgIpc) is 2.96. The summed E-state index contributed by atoms with van der Waals surface area (Å²) < 4.78 is 0. The smallest absolute Gasteiger partial charge is 0.291 e. The van der Waals surface area contributed by atoms with Crippen molar-refractivity contribution in [2.45, 2.75) is 32.7 Å². The second kappa shape index (κ2) is 4.51. The van der Waals surface area contributed by atoms with Crippen LogP contribution in [0.1, 0.15) is 43.0 Å². The van der Waals surface area contributed by atoms with Crippen molar-refractivity contribution in [1.82, 2.24) is 41.1 Å². The van der Waals surface area contributed by atoms with Gasteiger partial charge in [-0.3, -0.25) is 9.89 Å². The molecule has 3 N–H and O–H groups in total. The lowest BCUT2D eigenvalue weighted by Gasteiger charge is -2.12. The summed E-state index contributed by atoms with van der Waals surface area (Å²) in [6.45, 7) is 6.12. The van der Waals surface area contributed by atoms with Crippen molar-refractivity contribution in [3.8, 4) is 0 Å². The Bertz CT molecular complexity index is 523. The zero-order chi connectivity index (χ0) is 13.2. The van der Waals surface area contributed by atoms with Crippen LogP contribution in [0.4, 0.5) is 0 Å². The second-order valence-corrected chi connectivity index (χ2v) is 4.77. The molecular weight excluding hydrogens is 236 g/mol. The molecule has 2 aromatic heterocycles. The maximum Gasteiger partial charge on any atom is 0.291 e. The highest BCUT2D eigenvalue weighted by Crippen LogP contribution is 2.17. The average molecular weight is 250 g/mol. The van der Waals surface area contributed by atoms with Gasteiger partial charge in [0.25, 0.3) is 5.91 Å². The molecule has 0 saturated heterocycles. The molecule has 0 aliphatic rings. The van der Waals surface area contributed by atoms with Gasteiger partial charge in [0.2, 0.25) is 5.82 Å². The summed E-state index contributed by atoms with van der Waals surface area (Å²) in [7, 11) is 0. The third kappa shape index (κ3) is 2.67. The van der Waals surface area contributed by atoms with Crippen molar-refractivity contribution >= 4 is 5.91 Å². The van der Waals surface area contributed by atoms with Crippen molar-refractivity contribution in [3.63, 3.8) is 0 Å². The third-order valence-corrected chi connectivity index (χ3v) is 2.20. The zero-order valence-corrected chi connectivity index (χ0v) is 10.4. The number of aromatic nitrogens is 7. The molecule has 96 valence electrons. The molecule has 2 aromatic rings. The molecule has 0 aliphatic heterocycles. The third-order valence-electron chi connectivity index (χ3n) is 2.20. The van der Waals surface area contributed by atoms with Gasteiger partial charge in [-0.15, -0.1) is 15.3 Å². The van der Waals surface area contributed by atoms with Gasteiger partial charge in [-0.25, -0.2) is 4.98 Å². The van der Waals surface area contributed by atoms with Crippen molar-refractivity contribution in [3.05, 3.63) is 17.5 Å². The van der Waals surface area contributed by atoms with E-state index in [-0.39, 0.29) is 23.7 Å². The molecule has 18 heavy (non-hydrogen) atoms. The maximum absolute atomic E-state index is 11.7. The molecule has 0 bridgehead atoms. The summed E-state index contributed by atoms with van der Waals surface area (Å²) in [5.74, 6) is 0.775. The minimum absolute atomic E-state index is 0.100. The van der Waals surface area contributed by atoms with E-state index in [1.807, 2.05) is 20.8 Å². The molecule has 0 unspecified atom stereocenters. The SMILES string of the molecule is CC(C)(C)c1nc(C(=O)NCc2nn[nH]n2)n[nH]1. The summed E-state index contributed by atoms with van der Waals surface area (Å²) in [5, 5.41) is 22.3. The maximum atomic E-state index is 11.7. The Balaban J connectivity index is 1.99. The van der Waals surface area contributed by atoms with Crippen LogP contribution in [0.15, 0.2) is 0 Å². The minimum Gasteiger partial charge on any atom is -0.342 e. The van der Waals surface area contributed by atoms with Crippen LogP contribution < -0.4 is 5.32 Å². The molecular formula is C9H14N8O. The highest BCUT2D eigenvalue weighted by Gasteiger charge is 2.21. The summed E-state index contributed by atoms with van der Waals surface area (Å²) >= 11 is 0. The normalized spacial score (nSPS) is 11.5. The van der Waals surface area contributed by atoms with E-state index in [1.54, 1.807) is 0 Å². The number of carbonyl (C=O) groups is 1. The fourth-order valence-corrected chi connectivity index (χ4v) is 1.19. The number of hydrogen-bond donors (Lipinski definition) is 3. The summed E-state index contributed by atoms with van der Waals surface area (Å²) in [5.41, 5.74) is -0.181. The fourth-order valence-electron chi connectivity index (χ4n) is 1.19. The van der Waals surface area contributed by atoms with Crippen molar-refractivity contribution in [2.24, 2.45) is 0 Å². The van der Waals surface area contributed by atoms with Gasteiger partial charge >= 0.3 is 0 Å². The summed E-state index contributed by atoms with van der Waals surface area (Å²) in [6, 6.07) is 0. The predicted octanol–water partition coefficient (Wildman–Crippen LogP) is -0.455. The lowest BCUT2D eigenvalue weighted by Crippen LogP contribution is -2.25. The highest BCUT2D eigenvalue weighted by atomic mass is 16.2. The van der Waals surface area contributed by atoms with Gasteiger partial charge in [-0.1, -0.05) is 26.0 Å². The molecule has 0 aliphatic carbocycles. The number of amides is 1. The molecule has 9 heteroatoms. The Kier molecular flexibility index (Phi) is 3.04. The van der Waals surface area contributed by atoms with Crippen LogP contribution in [-0.2, 0) is 12.0 Å². The van der Waals surface area contributed by atoms with Crippen molar-refractivity contribution in [1.29, 1.82) is 0 Å². The van der Waals surface area contributed by atoms with Crippen LogP contribution in [0, 0.1) is 0 Å². The van der Waals surface area contributed by atoms with E-state index in [9.17, 15) is 4.79 Å². The number of tetrazole rings is 1. The lowest BCUT2D eigenvalue weighted by molar-refractivity contribution is 0.0940. The van der Waals surface area contributed by atoms with Crippen LogP contribution in [-0.4, -0.2) is 41.7 Å². The number of aromatic amines is 2. The van der Waals surface area contributed by atoms with Crippen LogP contribution in [0.3, 0.4) is 0 Å². The van der Waals surface area contributed by atoms with E-state index in [2.05, 4.69) is 41.1 Å². The molecule has 9 nitrogen and oxygen atoms in total. The zero-order valence-electron chi connectivity index (χ0n) is 10.4. The largest absolute Gasteiger partial charge is 0.342 e. The van der Waals surface area contributed by atoms with Crippen LogP contribution in [0.5, 0.6) is 0 Å². The van der Waals surface area contributed by atoms with Crippen LogP contribution in [0.25, 0.3) is 0 Å². The summed E-state index contributed by atoms with van der Waals surface area (Å²) in [4.78, 5) is 15.9. The fraction of sp³-hybridized carbons (Fsp3) is 0.556. The number of rotatable bonds is 3. The number of hydrogen-bond acceptors (Lipinski definition) is 6. The first-order chi connectivity index (χ1) is 8.47. The molecule has 0 spiro atoms. The minimum atomic E-state index is -0.383. The van der Waals surface area contributed by atoms with Gasteiger partial charge < -0.3 is 5.32 Å². The Labute approximate surface area is 103 Å². The molecule has 2 rings (SSSR count). The van der Waals surface area contributed by atoms with E-state index < -0.39 is 0 Å². The summed E-state index contributed by atoms with van der Waals surface area (Å²) in [6.07, 6.45) is 0. The molecule has 0 atom stereocenters. The molecule has 0 aromatic carbocycles. The van der Waals surface area contributed by atoms with Gasteiger partial charge in [-0.2, -0.15) is 5.21 Å². The van der Waals surface area contributed by atoms with Gasteiger partial charge in [0, 0.05) is 5.41 Å². The van der Waals surface area contributed by atoms with Crippen molar-refractivity contribution < 1.29 is 4.79 Å². The first-order valence-corrected chi connectivity index (χ1v) is 5.40.